The average molecular weight is 581 g/mol. The Balaban J connectivity index is 1.76. The molecule has 0 bridgehead atoms. The molecule has 0 saturated carbocycles. The summed E-state index contributed by atoms with van der Waals surface area (Å²) < 4.78 is 51.0. The van der Waals surface area contributed by atoms with Crippen LogP contribution in [0, 0.1) is 5.82 Å². The molecule has 0 fully saturated rings. The zero-order valence-electron chi connectivity index (χ0n) is 21.0. The zero-order valence-corrected chi connectivity index (χ0v) is 23.4. The van der Waals surface area contributed by atoms with Crippen molar-refractivity contribution < 1.29 is 22.3 Å². The predicted octanol–water partition coefficient (Wildman–Crippen LogP) is 5.39. The minimum Gasteiger partial charge on any atom is -0.486 e. The molecule has 0 spiro atoms. The second-order valence-electron chi connectivity index (χ2n) is 8.84. The molecule has 0 saturated heterocycles. The van der Waals surface area contributed by atoms with Crippen LogP contribution in [0.5, 0.6) is 5.75 Å². The number of allylic oxidation sites excluding steroid dienone is 1. The van der Waals surface area contributed by atoms with E-state index in [9.17, 15) is 17.6 Å². The molecule has 0 aliphatic carbocycles. The van der Waals surface area contributed by atoms with Crippen LogP contribution in [0.15, 0.2) is 47.5 Å². The molecule has 12 heteroatoms. The van der Waals surface area contributed by atoms with Crippen LogP contribution in [0.4, 0.5) is 10.1 Å². The van der Waals surface area contributed by atoms with Crippen LogP contribution in [0.2, 0.25) is 10.2 Å². The molecule has 2 heterocycles. The number of hydrogen-bond acceptors (Lipinski definition) is 5. The molecule has 0 radical (unpaired) electrons. The van der Waals surface area contributed by atoms with E-state index in [1.54, 1.807) is 37.3 Å². The fourth-order valence-electron chi connectivity index (χ4n) is 4.24. The highest BCUT2D eigenvalue weighted by Crippen LogP contribution is 2.40. The van der Waals surface area contributed by atoms with E-state index in [0.717, 1.165) is 0 Å². The van der Waals surface area contributed by atoms with Crippen molar-refractivity contribution in [2.45, 2.75) is 44.7 Å². The van der Waals surface area contributed by atoms with Crippen molar-refractivity contribution >= 4 is 56.5 Å². The van der Waals surface area contributed by atoms with Gasteiger partial charge in [-0.3, -0.25) is 13.8 Å². The molecule has 1 N–H and O–H groups in total. The van der Waals surface area contributed by atoms with Crippen LogP contribution in [0.1, 0.15) is 38.3 Å². The molecule has 1 amide bonds. The first-order valence-corrected chi connectivity index (χ1v) is 14.1. The number of amides is 1. The molecule has 1 aliphatic heterocycles. The number of benzene rings is 2. The Labute approximate surface area is 231 Å². The molecule has 1 aromatic heterocycles. The van der Waals surface area contributed by atoms with Gasteiger partial charge in [0.25, 0.3) is 10.0 Å². The van der Waals surface area contributed by atoms with E-state index in [0.29, 0.717) is 42.1 Å². The smallest absolute Gasteiger partial charge is 0.269 e. The van der Waals surface area contributed by atoms with Gasteiger partial charge in [0.05, 0.1) is 17.3 Å². The maximum Gasteiger partial charge on any atom is 0.269 e. The molecule has 2 aromatic carbocycles. The average Bonchev–Trinajstić information content (AvgIpc) is 3.25. The number of ether oxygens (including phenoxy) is 1. The molecule has 1 aliphatic rings. The number of rotatable bonds is 8. The van der Waals surface area contributed by atoms with E-state index >= 15 is 0 Å². The lowest BCUT2D eigenvalue weighted by molar-refractivity contribution is -0.119. The van der Waals surface area contributed by atoms with Crippen LogP contribution in [-0.2, 0) is 21.4 Å². The van der Waals surface area contributed by atoms with E-state index in [1.165, 1.54) is 34.2 Å². The van der Waals surface area contributed by atoms with Crippen molar-refractivity contribution in [3.8, 4) is 5.75 Å². The van der Waals surface area contributed by atoms with Gasteiger partial charge in [0.1, 0.15) is 22.6 Å². The van der Waals surface area contributed by atoms with Crippen molar-refractivity contribution in [3.05, 3.63) is 69.7 Å². The van der Waals surface area contributed by atoms with Gasteiger partial charge in [0, 0.05) is 38.2 Å². The van der Waals surface area contributed by atoms with Crippen molar-refractivity contribution in [1.82, 2.24) is 15.1 Å². The number of aromatic nitrogens is 2. The lowest BCUT2D eigenvalue weighted by Gasteiger charge is -2.35. The minimum absolute atomic E-state index is 0.00611. The van der Waals surface area contributed by atoms with Gasteiger partial charge < -0.3 is 10.1 Å². The number of carbonyl (C=O) groups is 1. The van der Waals surface area contributed by atoms with Crippen LogP contribution in [0.25, 0.3) is 11.6 Å². The molecular weight excluding hydrogens is 554 g/mol. The minimum atomic E-state index is -4.13. The van der Waals surface area contributed by atoms with Gasteiger partial charge in [0.2, 0.25) is 5.91 Å². The highest BCUT2D eigenvalue weighted by molar-refractivity contribution is 7.93. The number of anilines is 1. The van der Waals surface area contributed by atoms with E-state index in [1.807, 2.05) is 6.92 Å². The molecule has 0 unspecified atom stereocenters. The van der Waals surface area contributed by atoms with Gasteiger partial charge in [-0.25, -0.2) is 12.8 Å². The fraction of sp³-hybridized carbons (Fsp3) is 0.308. The molecule has 4 rings (SSSR count). The monoisotopic (exact) mass is 580 g/mol. The number of nitrogens with zero attached hydrogens (tertiary/aromatic N) is 3. The summed E-state index contributed by atoms with van der Waals surface area (Å²) in [6.07, 6.45) is 2.98. The van der Waals surface area contributed by atoms with Crippen LogP contribution in [-0.4, -0.2) is 43.3 Å². The Morgan fingerprint density at radius 2 is 2.03 bits per heavy atom. The van der Waals surface area contributed by atoms with E-state index < -0.39 is 21.9 Å². The first-order valence-electron chi connectivity index (χ1n) is 11.9. The summed E-state index contributed by atoms with van der Waals surface area (Å²) in [5, 5.41) is 6.93. The third-order valence-corrected chi connectivity index (χ3v) is 8.56. The van der Waals surface area contributed by atoms with E-state index in [4.69, 9.17) is 27.9 Å². The number of halogens is 3. The number of nitrogens with one attached hydrogen (secondary N) is 1. The summed E-state index contributed by atoms with van der Waals surface area (Å²) >= 11 is 12.5. The number of hydrogen-bond donors (Lipinski definition) is 1. The quantitative estimate of drug-likeness (QED) is 0.360. The highest BCUT2D eigenvalue weighted by Gasteiger charge is 2.37. The van der Waals surface area contributed by atoms with Gasteiger partial charge >= 0.3 is 0 Å². The molecule has 1 atom stereocenters. The molecule has 202 valence electrons. The SMILES string of the molecule is CCn1cc(S(=O)(=O)N2C[C@H](CCNC(C)=O)Oc3ccc(/C=C(\C)c4c(F)cccc4Cl)cc32)c(Cl)n1. The maximum atomic E-state index is 14.5. The summed E-state index contributed by atoms with van der Waals surface area (Å²) in [5.41, 5.74) is 1.77. The zero-order chi connectivity index (χ0) is 27.6. The van der Waals surface area contributed by atoms with Gasteiger partial charge in [-0.1, -0.05) is 41.4 Å². The largest absolute Gasteiger partial charge is 0.486 e. The van der Waals surface area contributed by atoms with Crippen molar-refractivity contribution in [2.75, 3.05) is 17.4 Å². The first kappa shape index (κ1) is 27.9. The summed E-state index contributed by atoms with van der Waals surface area (Å²) in [5.74, 6) is -0.294. The Bertz CT molecular complexity index is 1490. The summed E-state index contributed by atoms with van der Waals surface area (Å²) in [7, 11) is -4.13. The molecule has 8 nitrogen and oxygen atoms in total. The number of carbonyl (C=O) groups excluding carboxylic acids is 1. The standard InChI is InChI=1S/C26H27Cl2FN4O4S/c1-4-32-15-24(26(28)31-32)38(35,36)33-14-19(10-11-30-17(3)34)37-23-9-8-18(13-22(23)33)12-16(2)25-20(27)6-5-7-21(25)29/h5-9,12-13,15,19H,4,10-11,14H2,1-3H3,(H,30,34)/b16-12+/t19-/m0/s1. The van der Waals surface area contributed by atoms with Gasteiger partial charge in [-0.15, -0.1) is 0 Å². The van der Waals surface area contributed by atoms with Crippen LogP contribution in [0.3, 0.4) is 0 Å². The fourth-order valence-corrected chi connectivity index (χ4v) is 6.50. The summed E-state index contributed by atoms with van der Waals surface area (Å²) in [6.45, 7) is 5.72. The number of aryl methyl sites for hydroxylation is 1. The van der Waals surface area contributed by atoms with E-state index in [2.05, 4.69) is 10.4 Å². The van der Waals surface area contributed by atoms with Gasteiger partial charge in [-0.05, 0) is 49.2 Å². The van der Waals surface area contributed by atoms with Crippen LogP contribution >= 0.6 is 23.2 Å². The van der Waals surface area contributed by atoms with Gasteiger partial charge in [-0.2, -0.15) is 5.10 Å². The Hall–Kier alpha value is -3.08. The third-order valence-electron chi connectivity index (χ3n) is 6.07. The third kappa shape index (κ3) is 5.82. The second-order valence-corrected chi connectivity index (χ2v) is 11.4. The summed E-state index contributed by atoms with van der Waals surface area (Å²) in [6, 6.07) is 9.54. The molecule has 3 aromatic rings. The first-order chi connectivity index (χ1) is 18.0. The number of fused-ring (bicyclic) bond motifs is 1. The Morgan fingerprint density at radius 1 is 1.26 bits per heavy atom. The maximum absolute atomic E-state index is 14.5. The highest BCUT2D eigenvalue weighted by atomic mass is 35.5. The predicted molar refractivity (Wildman–Crippen MR) is 147 cm³/mol. The summed E-state index contributed by atoms with van der Waals surface area (Å²) in [4.78, 5) is 11.2. The van der Waals surface area contributed by atoms with Crippen molar-refractivity contribution in [2.24, 2.45) is 0 Å². The molecule has 38 heavy (non-hydrogen) atoms. The van der Waals surface area contributed by atoms with Crippen molar-refractivity contribution in [3.63, 3.8) is 0 Å². The Morgan fingerprint density at radius 3 is 2.68 bits per heavy atom. The van der Waals surface area contributed by atoms with Gasteiger partial charge in [0.15, 0.2) is 5.15 Å². The second kappa shape index (κ2) is 11.3. The number of sulfonamides is 1. The van der Waals surface area contributed by atoms with Crippen LogP contribution < -0.4 is 14.4 Å². The Kier molecular flexibility index (Phi) is 8.34. The normalized spacial score (nSPS) is 15.7. The molecular formula is C26H27Cl2FN4O4S. The van der Waals surface area contributed by atoms with E-state index in [-0.39, 0.29) is 33.1 Å². The topological polar surface area (TPSA) is 93.5 Å². The lowest BCUT2D eigenvalue weighted by Crippen LogP contribution is -2.44. The lowest BCUT2D eigenvalue weighted by atomic mass is 10.0. The van der Waals surface area contributed by atoms with Crippen molar-refractivity contribution in [1.29, 1.82) is 0 Å².